The number of fused-ring (bicyclic) bond motifs is 1. The standard InChI is InChI=1S/C28H36ClN3O4/c1-14(2)32-24(26(34)31-20-8-6-7-15(3)17(20)5)28-12-11-21(36-28)22(23(28)27(32)35)25(33)30-18-10-9-16(4)19(29)13-18/h9-15,17,20-24H,6-8H2,1-5H3,(H,30,33)(H,31,34)/t15-,17+,20-,21-,22+,23-,24-,28-/m1/s1. The van der Waals surface area contributed by atoms with Crippen LogP contribution in [0.2, 0.25) is 5.02 Å². The summed E-state index contributed by atoms with van der Waals surface area (Å²) < 4.78 is 6.40. The van der Waals surface area contributed by atoms with Crippen molar-refractivity contribution in [2.45, 2.75) is 83.7 Å². The second-order valence-electron chi connectivity index (χ2n) is 11.4. The Kier molecular flexibility index (Phi) is 6.44. The average Bonchev–Trinajstić information content (AvgIpc) is 3.46. The van der Waals surface area contributed by atoms with Gasteiger partial charge in [-0.2, -0.15) is 0 Å². The largest absolute Gasteiger partial charge is 0.359 e. The Morgan fingerprint density at radius 3 is 2.64 bits per heavy atom. The minimum Gasteiger partial charge on any atom is -0.359 e. The summed E-state index contributed by atoms with van der Waals surface area (Å²) in [6.45, 7) is 10.1. The molecule has 3 heterocycles. The van der Waals surface area contributed by atoms with Gasteiger partial charge in [0.1, 0.15) is 11.6 Å². The van der Waals surface area contributed by atoms with Crippen molar-refractivity contribution >= 4 is 35.0 Å². The van der Waals surface area contributed by atoms with Gasteiger partial charge < -0.3 is 20.3 Å². The summed E-state index contributed by atoms with van der Waals surface area (Å²) in [6, 6.07) is 4.37. The second kappa shape index (κ2) is 9.18. The molecule has 4 aliphatic rings. The third-order valence-corrected chi connectivity index (χ3v) is 9.30. The molecule has 3 fully saturated rings. The van der Waals surface area contributed by atoms with Crippen LogP contribution in [0.15, 0.2) is 30.4 Å². The Hall–Kier alpha value is -2.38. The van der Waals surface area contributed by atoms with Crippen LogP contribution in [0.4, 0.5) is 5.69 Å². The molecule has 0 unspecified atom stereocenters. The number of hydrogen-bond acceptors (Lipinski definition) is 4. The van der Waals surface area contributed by atoms with E-state index in [1.54, 1.807) is 17.0 Å². The number of hydrogen-bond donors (Lipinski definition) is 2. The Labute approximate surface area is 218 Å². The third-order valence-electron chi connectivity index (χ3n) is 8.89. The van der Waals surface area contributed by atoms with Crippen LogP contribution in [-0.4, -0.2) is 52.5 Å². The van der Waals surface area contributed by atoms with E-state index in [0.29, 0.717) is 22.5 Å². The van der Waals surface area contributed by atoms with Crippen LogP contribution in [0.5, 0.6) is 0 Å². The van der Waals surface area contributed by atoms with Gasteiger partial charge in [0.2, 0.25) is 17.7 Å². The summed E-state index contributed by atoms with van der Waals surface area (Å²) >= 11 is 6.25. The van der Waals surface area contributed by atoms with Gasteiger partial charge in [-0.15, -0.1) is 0 Å². The molecular formula is C28H36ClN3O4. The fraction of sp³-hybridized carbons (Fsp3) is 0.607. The van der Waals surface area contributed by atoms with Gasteiger partial charge in [-0.05, 0) is 56.7 Å². The zero-order valence-electron chi connectivity index (χ0n) is 21.6. The number of ether oxygens (including phenoxy) is 1. The van der Waals surface area contributed by atoms with Gasteiger partial charge in [-0.1, -0.05) is 56.5 Å². The van der Waals surface area contributed by atoms with E-state index >= 15 is 0 Å². The maximum atomic E-state index is 13.9. The Morgan fingerprint density at radius 1 is 1.19 bits per heavy atom. The number of likely N-dealkylation sites (tertiary alicyclic amines) is 1. The SMILES string of the molecule is Cc1ccc(NC(=O)[C@H]2[C@H]3C=C[C@@]4(O3)[C@H]2C(=O)N(C(C)C)[C@@H]4C(=O)N[C@@H]2CCC[C@@H](C)[C@@H]2C)cc1Cl. The van der Waals surface area contributed by atoms with E-state index in [9.17, 15) is 14.4 Å². The number of anilines is 1. The molecule has 3 aliphatic heterocycles. The molecule has 2 bridgehead atoms. The van der Waals surface area contributed by atoms with Gasteiger partial charge >= 0.3 is 0 Å². The van der Waals surface area contributed by atoms with Crippen molar-refractivity contribution in [1.82, 2.24) is 10.2 Å². The lowest BCUT2D eigenvalue weighted by Gasteiger charge is -2.38. The van der Waals surface area contributed by atoms with Crippen LogP contribution in [0.3, 0.4) is 0 Å². The van der Waals surface area contributed by atoms with E-state index in [1.807, 2.05) is 39.0 Å². The fourth-order valence-electron chi connectivity index (χ4n) is 6.71. The van der Waals surface area contributed by atoms with E-state index in [2.05, 4.69) is 24.5 Å². The molecule has 8 heteroatoms. The molecule has 2 N–H and O–H groups in total. The lowest BCUT2D eigenvalue weighted by atomic mass is 9.73. The quantitative estimate of drug-likeness (QED) is 0.580. The molecule has 1 saturated carbocycles. The molecule has 2 saturated heterocycles. The minimum atomic E-state index is -1.15. The monoisotopic (exact) mass is 513 g/mol. The predicted molar refractivity (Wildman–Crippen MR) is 138 cm³/mol. The molecule has 1 aliphatic carbocycles. The van der Waals surface area contributed by atoms with Crippen LogP contribution >= 0.6 is 11.6 Å². The minimum absolute atomic E-state index is 0.0637. The predicted octanol–water partition coefficient (Wildman–Crippen LogP) is 4.09. The molecule has 7 nitrogen and oxygen atoms in total. The molecule has 36 heavy (non-hydrogen) atoms. The number of carbonyl (C=O) groups excluding carboxylic acids is 3. The van der Waals surface area contributed by atoms with E-state index in [4.69, 9.17) is 16.3 Å². The first kappa shape index (κ1) is 25.3. The molecule has 1 aromatic carbocycles. The van der Waals surface area contributed by atoms with E-state index < -0.39 is 29.6 Å². The highest BCUT2D eigenvalue weighted by atomic mass is 35.5. The molecule has 5 rings (SSSR count). The van der Waals surface area contributed by atoms with Gasteiger partial charge in [0.15, 0.2) is 0 Å². The van der Waals surface area contributed by atoms with Crippen molar-refractivity contribution in [3.05, 3.63) is 40.9 Å². The fourth-order valence-corrected chi connectivity index (χ4v) is 6.89. The highest BCUT2D eigenvalue weighted by Gasteiger charge is 2.73. The van der Waals surface area contributed by atoms with E-state index in [-0.39, 0.29) is 29.8 Å². The third kappa shape index (κ3) is 3.86. The number of benzene rings is 1. The summed E-state index contributed by atoms with van der Waals surface area (Å²) in [5, 5.41) is 6.75. The zero-order valence-corrected chi connectivity index (χ0v) is 22.3. The first-order chi connectivity index (χ1) is 17.0. The highest BCUT2D eigenvalue weighted by Crippen LogP contribution is 2.55. The van der Waals surface area contributed by atoms with Crippen molar-refractivity contribution in [2.75, 3.05) is 5.32 Å². The highest BCUT2D eigenvalue weighted by molar-refractivity contribution is 6.31. The van der Waals surface area contributed by atoms with Crippen molar-refractivity contribution in [3.63, 3.8) is 0 Å². The van der Waals surface area contributed by atoms with Crippen LogP contribution in [0.1, 0.15) is 52.5 Å². The van der Waals surface area contributed by atoms with Crippen molar-refractivity contribution in [2.24, 2.45) is 23.7 Å². The summed E-state index contributed by atoms with van der Waals surface area (Å²) in [4.78, 5) is 42.8. The molecule has 3 amide bonds. The zero-order chi connectivity index (χ0) is 25.9. The Bertz CT molecular complexity index is 1120. The van der Waals surface area contributed by atoms with Crippen LogP contribution in [0, 0.1) is 30.6 Å². The summed E-state index contributed by atoms with van der Waals surface area (Å²) in [6.07, 6.45) is 6.30. The second-order valence-corrected chi connectivity index (χ2v) is 11.8. The molecule has 1 aromatic rings. The average molecular weight is 514 g/mol. The van der Waals surface area contributed by atoms with E-state index in [1.165, 1.54) is 0 Å². The lowest BCUT2D eigenvalue weighted by Crippen LogP contribution is -2.58. The maximum absolute atomic E-state index is 13.9. The van der Waals surface area contributed by atoms with Gasteiger partial charge in [0.05, 0.1) is 17.9 Å². The number of rotatable bonds is 5. The summed E-state index contributed by atoms with van der Waals surface area (Å²) in [5.74, 6) is -1.29. The molecule has 0 radical (unpaired) electrons. The summed E-state index contributed by atoms with van der Waals surface area (Å²) in [7, 11) is 0. The normalized spacial score (nSPS) is 36.9. The number of amides is 3. The first-order valence-electron chi connectivity index (χ1n) is 13.1. The van der Waals surface area contributed by atoms with Gasteiger partial charge in [0.25, 0.3) is 0 Å². The number of nitrogens with one attached hydrogen (secondary N) is 2. The number of carbonyl (C=O) groups is 3. The van der Waals surface area contributed by atoms with Gasteiger partial charge in [0, 0.05) is 22.8 Å². The summed E-state index contributed by atoms with van der Waals surface area (Å²) in [5.41, 5.74) is 0.332. The van der Waals surface area contributed by atoms with Crippen molar-refractivity contribution < 1.29 is 19.1 Å². The maximum Gasteiger partial charge on any atom is 0.246 e. The number of nitrogens with zero attached hydrogens (tertiary/aromatic N) is 1. The Morgan fingerprint density at radius 2 is 1.94 bits per heavy atom. The molecule has 194 valence electrons. The molecule has 8 atom stereocenters. The van der Waals surface area contributed by atoms with Gasteiger partial charge in [-0.25, -0.2) is 0 Å². The molecule has 1 spiro atoms. The topological polar surface area (TPSA) is 87.7 Å². The first-order valence-corrected chi connectivity index (χ1v) is 13.5. The number of aryl methyl sites for hydroxylation is 1. The van der Waals surface area contributed by atoms with Crippen LogP contribution in [0.25, 0.3) is 0 Å². The van der Waals surface area contributed by atoms with Gasteiger partial charge in [-0.3, -0.25) is 14.4 Å². The molecular weight excluding hydrogens is 478 g/mol. The molecule has 0 aromatic heterocycles. The van der Waals surface area contributed by atoms with Crippen molar-refractivity contribution in [1.29, 1.82) is 0 Å². The number of halogens is 1. The van der Waals surface area contributed by atoms with E-state index in [0.717, 1.165) is 24.8 Å². The van der Waals surface area contributed by atoms with Crippen molar-refractivity contribution in [3.8, 4) is 0 Å². The van der Waals surface area contributed by atoms with Crippen LogP contribution < -0.4 is 10.6 Å². The lowest BCUT2D eigenvalue weighted by molar-refractivity contribution is -0.143. The Balaban J connectivity index is 1.43. The smallest absolute Gasteiger partial charge is 0.246 e. The van der Waals surface area contributed by atoms with Crippen LogP contribution in [-0.2, 0) is 19.1 Å².